The van der Waals surface area contributed by atoms with Crippen LogP contribution in [0.3, 0.4) is 0 Å². The third-order valence-electron chi connectivity index (χ3n) is 5.87. The fourth-order valence-corrected chi connectivity index (χ4v) is 4.12. The number of rotatable bonds is 6. The fourth-order valence-electron chi connectivity index (χ4n) is 4.12. The zero-order chi connectivity index (χ0) is 19.3. The minimum atomic E-state index is -0.0380. The number of furan rings is 1. The van der Waals surface area contributed by atoms with Crippen LogP contribution in [-0.4, -0.2) is 49.1 Å². The summed E-state index contributed by atoms with van der Waals surface area (Å²) in [6, 6.07) is 9.49. The largest absolute Gasteiger partial charge is 0.451 e. The molecule has 2 aromatic rings. The molecule has 2 aliphatic heterocycles. The maximum Gasteiger partial charge on any atom is 0.289 e. The molecule has 1 N–H and O–H groups in total. The van der Waals surface area contributed by atoms with Crippen LogP contribution in [0.4, 0.5) is 0 Å². The van der Waals surface area contributed by atoms with Gasteiger partial charge in [-0.1, -0.05) is 18.2 Å². The molecule has 2 saturated heterocycles. The van der Waals surface area contributed by atoms with Gasteiger partial charge >= 0.3 is 0 Å². The number of carbonyl (C=O) groups excluding carboxylic acids is 2. The van der Waals surface area contributed by atoms with E-state index >= 15 is 0 Å². The predicted octanol–water partition coefficient (Wildman–Crippen LogP) is 3.36. The summed E-state index contributed by atoms with van der Waals surface area (Å²) < 4.78 is 11.2. The van der Waals surface area contributed by atoms with Crippen LogP contribution in [0.5, 0.6) is 0 Å². The Morgan fingerprint density at radius 3 is 2.71 bits per heavy atom. The summed E-state index contributed by atoms with van der Waals surface area (Å²) >= 11 is 0. The highest BCUT2D eigenvalue weighted by Gasteiger charge is 2.26. The summed E-state index contributed by atoms with van der Waals surface area (Å²) in [5.41, 5.74) is 0.745. The van der Waals surface area contributed by atoms with Gasteiger partial charge in [0.05, 0.1) is 6.10 Å². The first kappa shape index (κ1) is 19.0. The zero-order valence-corrected chi connectivity index (χ0v) is 16.2. The molecular formula is C22H28N2O4. The molecule has 2 fully saturated rings. The maximum absolute atomic E-state index is 12.7. The van der Waals surface area contributed by atoms with E-state index in [-0.39, 0.29) is 17.9 Å². The monoisotopic (exact) mass is 384 g/mol. The molecule has 3 heterocycles. The van der Waals surface area contributed by atoms with Gasteiger partial charge in [-0.05, 0) is 50.2 Å². The lowest BCUT2D eigenvalue weighted by molar-refractivity contribution is -0.122. The van der Waals surface area contributed by atoms with E-state index in [4.69, 9.17) is 9.15 Å². The zero-order valence-electron chi connectivity index (χ0n) is 16.2. The maximum atomic E-state index is 12.7. The van der Waals surface area contributed by atoms with Crippen molar-refractivity contribution >= 4 is 22.8 Å². The fraction of sp³-hybridized carbons (Fsp3) is 0.545. The Bertz CT molecular complexity index is 784. The lowest BCUT2D eigenvalue weighted by atomic mass is 9.92. The predicted molar refractivity (Wildman–Crippen MR) is 106 cm³/mol. The minimum Gasteiger partial charge on any atom is -0.451 e. The van der Waals surface area contributed by atoms with Gasteiger partial charge in [0.15, 0.2) is 5.76 Å². The number of fused-ring (bicyclic) bond motifs is 1. The third kappa shape index (κ3) is 4.55. The van der Waals surface area contributed by atoms with Crippen molar-refractivity contribution in [2.75, 3.05) is 26.2 Å². The average molecular weight is 384 g/mol. The second-order valence-electron chi connectivity index (χ2n) is 7.86. The molecule has 0 radical (unpaired) electrons. The highest BCUT2D eigenvalue weighted by atomic mass is 16.5. The van der Waals surface area contributed by atoms with Crippen LogP contribution in [0, 0.1) is 5.92 Å². The average Bonchev–Trinajstić information content (AvgIpc) is 3.40. The number of nitrogens with zero attached hydrogens (tertiary/aromatic N) is 1. The molecule has 2 aliphatic rings. The number of likely N-dealkylation sites (tertiary alicyclic amines) is 1. The van der Waals surface area contributed by atoms with E-state index in [1.54, 1.807) is 0 Å². The van der Waals surface area contributed by atoms with Crippen molar-refractivity contribution in [3.8, 4) is 0 Å². The highest BCUT2D eigenvalue weighted by Crippen LogP contribution is 2.25. The van der Waals surface area contributed by atoms with Gasteiger partial charge in [-0.2, -0.15) is 0 Å². The molecule has 28 heavy (non-hydrogen) atoms. The van der Waals surface area contributed by atoms with Gasteiger partial charge in [0.2, 0.25) is 5.91 Å². The molecule has 1 aromatic heterocycles. The number of amides is 2. The molecule has 6 nitrogen and oxygen atoms in total. The molecule has 1 aromatic carbocycles. The second kappa shape index (κ2) is 8.78. The van der Waals surface area contributed by atoms with E-state index in [0.29, 0.717) is 24.6 Å². The van der Waals surface area contributed by atoms with Gasteiger partial charge in [0, 0.05) is 38.0 Å². The molecule has 2 amide bonds. The lowest BCUT2D eigenvalue weighted by Gasteiger charge is -2.31. The minimum absolute atomic E-state index is 0.0380. The first-order valence-corrected chi connectivity index (χ1v) is 10.3. The molecule has 6 heteroatoms. The van der Waals surface area contributed by atoms with Crippen LogP contribution in [0.25, 0.3) is 11.0 Å². The van der Waals surface area contributed by atoms with Crippen LogP contribution in [0.2, 0.25) is 0 Å². The Morgan fingerprint density at radius 2 is 1.96 bits per heavy atom. The van der Waals surface area contributed by atoms with Gasteiger partial charge < -0.3 is 19.4 Å². The molecular weight excluding hydrogens is 356 g/mol. The van der Waals surface area contributed by atoms with Crippen molar-refractivity contribution in [1.29, 1.82) is 0 Å². The SMILES string of the molecule is O=C(CCC1CCN(C(=O)c2cc3ccccc3o2)CC1)NCC1CCCO1. The van der Waals surface area contributed by atoms with E-state index in [0.717, 1.165) is 62.8 Å². The quantitative estimate of drug-likeness (QED) is 0.829. The number of nitrogens with one attached hydrogen (secondary N) is 1. The van der Waals surface area contributed by atoms with E-state index in [1.165, 1.54) is 0 Å². The smallest absolute Gasteiger partial charge is 0.289 e. The number of carbonyl (C=O) groups is 2. The lowest BCUT2D eigenvalue weighted by Crippen LogP contribution is -2.38. The number of ether oxygens (including phenoxy) is 1. The highest BCUT2D eigenvalue weighted by molar-refractivity contribution is 5.96. The van der Waals surface area contributed by atoms with Crippen molar-refractivity contribution in [3.63, 3.8) is 0 Å². The first-order valence-electron chi connectivity index (χ1n) is 10.3. The number of benzene rings is 1. The van der Waals surface area contributed by atoms with E-state index in [1.807, 2.05) is 35.2 Å². The normalized spacial score (nSPS) is 20.6. The summed E-state index contributed by atoms with van der Waals surface area (Å²) in [4.78, 5) is 26.6. The van der Waals surface area contributed by atoms with Crippen LogP contribution < -0.4 is 5.32 Å². The van der Waals surface area contributed by atoms with Crippen molar-refractivity contribution in [2.45, 2.75) is 44.6 Å². The van der Waals surface area contributed by atoms with E-state index < -0.39 is 0 Å². The Balaban J connectivity index is 1.19. The molecule has 1 unspecified atom stereocenters. The van der Waals surface area contributed by atoms with Gasteiger partial charge in [0.1, 0.15) is 5.58 Å². The molecule has 150 valence electrons. The molecule has 1 atom stereocenters. The van der Waals surface area contributed by atoms with Crippen molar-refractivity contribution in [3.05, 3.63) is 36.1 Å². The number of hydrogen-bond acceptors (Lipinski definition) is 4. The van der Waals surface area contributed by atoms with Gasteiger partial charge in [-0.15, -0.1) is 0 Å². The first-order chi connectivity index (χ1) is 13.7. The molecule has 0 bridgehead atoms. The summed E-state index contributed by atoms with van der Waals surface area (Å²) in [7, 11) is 0. The topological polar surface area (TPSA) is 71.8 Å². The van der Waals surface area contributed by atoms with E-state index in [9.17, 15) is 9.59 Å². The number of piperidine rings is 1. The van der Waals surface area contributed by atoms with Crippen molar-refractivity contribution in [1.82, 2.24) is 10.2 Å². The summed E-state index contributed by atoms with van der Waals surface area (Å²) in [6.07, 6.45) is 5.62. The summed E-state index contributed by atoms with van der Waals surface area (Å²) in [5, 5.41) is 3.94. The van der Waals surface area contributed by atoms with E-state index in [2.05, 4.69) is 5.32 Å². The number of hydrogen-bond donors (Lipinski definition) is 1. The molecule has 0 aliphatic carbocycles. The summed E-state index contributed by atoms with van der Waals surface area (Å²) in [6.45, 7) is 2.88. The van der Waals surface area contributed by atoms with Crippen LogP contribution in [0.1, 0.15) is 49.1 Å². The van der Waals surface area contributed by atoms with Gasteiger partial charge in [0.25, 0.3) is 5.91 Å². The second-order valence-corrected chi connectivity index (χ2v) is 7.86. The molecule has 0 spiro atoms. The van der Waals surface area contributed by atoms with Gasteiger partial charge in [-0.25, -0.2) is 0 Å². The number of para-hydroxylation sites is 1. The molecule has 0 saturated carbocycles. The Morgan fingerprint density at radius 1 is 1.14 bits per heavy atom. The Kier molecular flexibility index (Phi) is 5.95. The van der Waals surface area contributed by atoms with Crippen LogP contribution in [0.15, 0.2) is 34.7 Å². The standard InChI is InChI=1S/C22H28N2O4/c25-21(23-15-18-5-3-13-27-18)8-7-16-9-11-24(12-10-16)22(26)20-14-17-4-1-2-6-19(17)28-20/h1-2,4,6,14,16,18H,3,5,7-13,15H2,(H,23,25). The third-order valence-corrected chi connectivity index (χ3v) is 5.87. The van der Waals surface area contributed by atoms with Crippen molar-refractivity contribution < 1.29 is 18.7 Å². The Hall–Kier alpha value is -2.34. The van der Waals surface area contributed by atoms with Gasteiger partial charge in [-0.3, -0.25) is 9.59 Å². The van der Waals surface area contributed by atoms with Crippen LogP contribution >= 0.6 is 0 Å². The molecule has 4 rings (SSSR count). The Labute approximate surface area is 165 Å². The van der Waals surface area contributed by atoms with Crippen molar-refractivity contribution in [2.24, 2.45) is 5.92 Å². The summed E-state index contributed by atoms with van der Waals surface area (Å²) in [5.74, 6) is 0.974. The van der Waals surface area contributed by atoms with Crippen LogP contribution in [-0.2, 0) is 9.53 Å².